The highest BCUT2D eigenvalue weighted by Gasteiger charge is 2.08. The molecule has 2 amide bonds. The predicted octanol–water partition coefficient (Wildman–Crippen LogP) is 2.14. The molecule has 0 aromatic heterocycles. The van der Waals surface area contributed by atoms with Crippen molar-refractivity contribution in [3.05, 3.63) is 29.8 Å². The van der Waals surface area contributed by atoms with E-state index < -0.39 is 0 Å². The number of allylic oxidation sites excluding steroid dienone is 1. The molecule has 0 spiro atoms. The van der Waals surface area contributed by atoms with E-state index in [4.69, 9.17) is 9.47 Å². The third-order valence-corrected chi connectivity index (χ3v) is 3.15. The number of ether oxygens (including phenoxy) is 2. The summed E-state index contributed by atoms with van der Waals surface area (Å²) in [7, 11) is 1.55. The molecule has 0 fully saturated rings. The molecular formula is C18H26N2O4. The highest BCUT2D eigenvalue weighted by Crippen LogP contribution is 2.28. The zero-order valence-electron chi connectivity index (χ0n) is 14.6. The molecule has 24 heavy (non-hydrogen) atoms. The van der Waals surface area contributed by atoms with E-state index in [1.54, 1.807) is 13.2 Å². The lowest BCUT2D eigenvalue weighted by molar-refractivity contribution is -0.123. The Morgan fingerprint density at radius 3 is 2.54 bits per heavy atom. The summed E-state index contributed by atoms with van der Waals surface area (Å²) < 4.78 is 10.8. The Morgan fingerprint density at radius 2 is 1.88 bits per heavy atom. The van der Waals surface area contributed by atoms with E-state index in [2.05, 4.69) is 10.6 Å². The van der Waals surface area contributed by atoms with Crippen LogP contribution in [0.2, 0.25) is 0 Å². The number of rotatable bonds is 10. The van der Waals surface area contributed by atoms with Crippen LogP contribution < -0.4 is 20.1 Å². The lowest BCUT2D eigenvalue weighted by Gasteiger charge is -2.11. The molecule has 1 rings (SSSR count). The van der Waals surface area contributed by atoms with Crippen LogP contribution in [0, 0.1) is 0 Å². The fourth-order valence-corrected chi connectivity index (χ4v) is 1.96. The maximum atomic E-state index is 11.8. The first-order valence-corrected chi connectivity index (χ1v) is 8.07. The zero-order valence-corrected chi connectivity index (χ0v) is 14.6. The van der Waals surface area contributed by atoms with Crippen molar-refractivity contribution in [2.75, 3.05) is 26.8 Å². The highest BCUT2D eigenvalue weighted by molar-refractivity contribution is 5.79. The third kappa shape index (κ3) is 7.17. The van der Waals surface area contributed by atoms with Crippen molar-refractivity contribution < 1.29 is 19.1 Å². The number of amides is 2. The average molecular weight is 334 g/mol. The SMILES string of the molecule is CC=Cc1ccc(OCC(=O)NCCC(=O)NCCC)c(OC)c1. The number of hydrogen-bond acceptors (Lipinski definition) is 4. The first-order valence-electron chi connectivity index (χ1n) is 8.07. The second kappa shape index (κ2) is 11.1. The van der Waals surface area contributed by atoms with Gasteiger partial charge in [0.15, 0.2) is 18.1 Å². The van der Waals surface area contributed by atoms with Crippen LogP contribution in [0.1, 0.15) is 32.3 Å². The van der Waals surface area contributed by atoms with Crippen molar-refractivity contribution in [1.82, 2.24) is 10.6 Å². The molecule has 0 bridgehead atoms. The Bertz CT molecular complexity index is 570. The maximum Gasteiger partial charge on any atom is 0.257 e. The lowest BCUT2D eigenvalue weighted by atomic mass is 10.2. The summed E-state index contributed by atoms with van der Waals surface area (Å²) in [6, 6.07) is 5.48. The summed E-state index contributed by atoms with van der Waals surface area (Å²) in [5, 5.41) is 5.40. The summed E-state index contributed by atoms with van der Waals surface area (Å²) >= 11 is 0. The van der Waals surface area contributed by atoms with Crippen LogP contribution in [0.25, 0.3) is 6.08 Å². The van der Waals surface area contributed by atoms with Crippen LogP contribution in [-0.4, -0.2) is 38.6 Å². The van der Waals surface area contributed by atoms with Gasteiger partial charge in [0.25, 0.3) is 5.91 Å². The zero-order chi connectivity index (χ0) is 17.8. The summed E-state index contributed by atoms with van der Waals surface area (Å²) in [5.74, 6) is 0.719. The standard InChI is InChI=1S/C18H26N2O4/c1-4-6-14-7-8-15(16(12-14)23-3)24-13-18(22)20-11-9-17(21)19-10-5-2/h4,6-8,12H,5,9-11,13H2,1-3H3,(H,19,21)(H,20,22). The second-order valence-corrected chi connectivity index (χ2v) is 5.15. The van der Waals surface area contributed by atoms with Crippen molar-refractivity contribution in [2.24, 2.45) is 0 Å². The Hall–Kier alpha value is -2.50. The molecular weight excluding hydrogens is 308 g/mol. The Kier molecular flexibility index (Phi) is 9.04. The van der Waals surface area contributed by atoms with Crippen molar-refractivity contribution in [2.45, 2.75) is 26.7 Å². The van der Waals surface area contributed by atoms with Crippen molar-refractivity contribution in [3.63, 3.8) is 0 Å². The van der Waals surface area contributed by atoms with E-state index in [9.17, 15) is 9.59 Å². The lowest BCUT2D eigenvalue weighted by Crippen LogP contribution is -2.33. The van der Waals surface area contributed by atoms with E-state index >= 15 is 0 Å². The molecule has 0 atom stereocenters. The van der Waals surface area contributed by atoms with Crippen molar-refractivity contribution >= 4 is 17.9 Å². The molecule has 2 N–H and O–H groups in total. The molecule has 132 valence electrons. The number of nitrogens with one attached hydrogen (secondary N) is 2. The summed E-state index contributed by atoms with van der Waals surface area (Å²) in [4.78, 5) is 23.2. The minimum atomic E-state index is -0.280. The van der Waals surface area contributed by atoms with Gasteiger partial charge >= 0.3 is 0 Å². The molecule has 1 aromatic carbocycles. The minimum absolute atomic E-state index is 0.0701. The number of benzene rings is 1. The molecule has 0 saturated heterocycles. The van der Waals surface area contributed by atoms with Crippen LogP contribution in [0.15, 0.2) is 24.3 Å². The van der Waals surface area contributed by atoms with Crippen LogP contribution in [0.4, 0.5) is 0 Å². The molecule has 0 unspecified atom stereocenters. The van der Waals surface area contributed by atoms with Gasteiger partial charge in [-0.05, 0) is 31.0 Å². The van der Waals surface area contributed by atoms with E-state index in [0.717, 1.165) is 12.0 Å². The van der Waals surface area contributed by atoms with Gasteiger partial charge in [-0.1, -0.05) is 25.1 Å². The third-order valence-electron chi connectivity index (χ3n) is 3.15. The molecule has 0 saturated carbocycles. The fraction of sp³-hybridized carbons (Fsp3) is 0.444. The molecule has 0 heterocycles. The van der Waals surface area contributed by atoms with E-state index in [-0.39, 0.29) is 31.4 Å². The fourth-order valence-electron chi connectivity index (χ4n) is 1.96. The van der Waals surface area contributed by atoms with E-state index in [1.165, 1.54) is 0 Å². The van der Waals surface area contributed by atoms with E-state index in [1.807, 2.05) is 38.1 Å². The molecule has 0 aliphatic heterocycles. The van der Waals surface area contributed by atoms with Gasteiger partial charge in [0.2, 0.25) is 5.91 Å². The summed E-state index contributed by atoms with van der Waals surface area (Å²) in [5.41, 5.74) is 0.990. The average Bonchev–Trinajstić information content (AvgIpc) is 2.58. The molecule has 1 aromatic rings. The second-order valence-electron chi connectivity index (χ2n) is 5.15. The molecule has 0 aliphatic rings. The smallest absolute Gasteiger partial charge is 0.257 e. The predicted molar refractivity (Wildman–Crippen MR) is 94.1 cm³/mol. The van der Waals surface area contributed by atoms with E-state index in [0.29, 0.717) is 18.0 Å². The number of methoxy groups -OCH3 is 1. The molecule has 0 radical (unpaired) electrons. The largest absolute Gasteiger partial charge is 0.493 e. The normalized spacial score (nSPS) is 10.5. The Balaban J connectivity index is 2.40. The van der Waals surface area contributed by atoms with Crippen LogP contribution in [0.5, 0.6) is 11.5 Å². The van der Waals surface area contributed by atoms with Gasteiger partial charge in [-0.15, -0.1) is 0 Å². The van der Waals surface area contributed by atoms with Gasteiger partial charge in [-0.2, -0.15) is 0 Å². The van der Waals surface area contributed by atoms with Gasteiger partial charge < -0.3 is 20.1 Å². The minimum Gasteiger partial charge on any atom is -0.493 e. The van der Waals surface area contributed by atoms with Gasteiger partial charge in [0.05, 0.1) is 7.11 Å². The number of carbonyl (C=O) groups is 2. The Morgan fingerprint density at radius 1 is 1.12 bits per heavy atom. The van der Waals surface area contributed by atoms with Gasteiger partial charge in [0.1, 0.15) is 0 Å². The molecule has 6 heteroatoms. The van der Waals surface area contributed by atoms with Crippen LogP contribution in [-0.2, 0) is 9.59 Å². The first kappa shape index (κ1) is 19.5. The van der Waals surface area contributed by atoms with Crippen LogP contribution in [0.3, 0.4) is 0 Å². The summed E-state index contributed by atoms with van der Waals surface area (Å²) in [6.45, 7) is 4.73. The molecule has 0 aliphatic carbocycles. The summed E-state index contributed by atoms with van der Waals surface area (Å²) in [6.07, 6.45) is 5.02. The van der Waals surface area contributed by atoms with Gasteiger partial charge in [-0.3, -0.25) is 9.59 Å². The number of carbonyl (C=O) groups excluding carboxylic acids is 2. The molecule has 6 nitrogen and oxygen atoms in total. The van der Waals surface area contributed by atoms with Crippen molar-refractivity contribution in [1.29, 1.82) is 0 Å². The van der Waals surface area contributed by atoms with Crippen molar-refractivity contribution in [3.8, 4) is 11.5 Å². The van der Waals surface area contributed by atoms with Gasteiger partial charge in [-0.25, -0.2) is 0 Å². The Labute approximate surface area is 143 Å². The topological polar surface area (TPSA) is 76.7 Å². The quantitative estimate of drug-likeness (QED) is 0.687. The monoisotopic (exact) mass is 334 g/mol. The number of hydrogen-bond donors (Lipinski definition) is 2. The highest BCUT2D eigenvalue weighted by atomic mass is 16.5. The first-order chi connectivity index (χ1) is 11.6. The van der Waals surface area contributed by atoms with Gasteiger partial charge in [0, 0.05) is 19.5 Å². The maximum absolute atomic E-state index is 11.8. The van der Waals surface area contributed by atoms with Crippen LogP contribution >= 0.6 is 0 Å².